The van der Waals surface area contributed by atoms with E-state index in [9.17, 15) is 8.42 Å². The lowest BCUT2D eigenvalue weighted by Gasteiger charge is -1.98. The van der Waals surface area contributed by atoms with Crippen molar-refractivity contribution in [3.05, 3.63) is 0 Å². The van der Waals surface area contributed by atoms with Crippen molar-refractivity contribution < 1.29 is 13.7 Å². The molecule has 0 aliphatic carbocycles. The Morgan fingerprint density at radius 3 is 2.44 bits per heavy atom. The molecule has 3 nitrogen and oxygen atoms in total. The van der Waals surface area contributed by atoms with E-state index in [1.54, 1.807) is 0 Å². The molecule has 1 aliphatic heterocycles. The van der Waals surface area contributed by atoms with Crippen molar-refractivity contribution >= 4 is 9.84 Å². The van der Waals surface area contributed by atoms with Crippen molar-refractivity contribution in [2.45, 2.75) is 12.5 Å². The van der Waals surface area contributed by atoms with E-state index in [0.29, 0.717) is 17.5 Å². The van der Waals surface area contributed by atoms with Gasteiger partial charge < -0.3 is 5.32 Å². The van der Waals surface area contributed by atoms with Crippen LogP contribution in [0.15, 0.2) is 0 Å². The molecule has 0 spiro atoms. The van der Waals surface area contributed by atoms with E-state index in [-0.39, 0.29) is 0 Å². The van der Waals surface area contributed by atoms with E-state index in [1.165, 1.54) is 0 Å². The second-order valence-corrected chi connectivity index (χ2v) is 4.73. The molecule has 1 saturated heterocycles. The molecule has 2 N–H and O–H groups in total. The second kappa shape index (κ2) is 2.27. The summed E-state index contributed by atoms with van der Waals surface area (Å²) in [5.41, 5.74) is 0. The highest BCUT2D eigenvalue weighted by molar-refractivity contribution is 7.91. The molecule has 54 valence electrons. The Kier molecular flexibility index (Phi) is 1.77. The molecule has 0 saturated carbocycles. The Labute approximate surface area is 55.4 Å². The summed E-state index contributed by atoms with van der Waals surface area (Å²) in [7, 11) is -0.717. The molecular formula is C5H12NO2S+. The van der Waals surface area contributed by atoms with Crippen molar-refractivity contribution in [1.82, 2.24) is 0 Å². The zero-order valence-electron chi connectivity index (χ0n) is 5.50. The number of quaternary nitrogens is 1. The van der Waals surface area contributed by atoms with E-state index >= 15 is 0 Å². The van der Waals surface area contributed by atoms with Crippen molar-refractivity contribution in [2.75, 3.05) is 18.6 Å². The first-order valence-electron chi connectivity index (χ1n) is 3.14. The summed E-state index contributed by atoms with van der Waals surface area (Å²) in [6.07, 6.45) is 0.832. The molecule has 1 atom stereocenters. The Morgan fingerprint density at radius 1 is 1.56 bits per heavy atom. The van der Waals surface area contributed by atoms with E-state index < -0.39 is 9.84 Å². The van der Waals surface area contributed by atoms with Gasteiger partial charge in [0, 0.05) is 6.42 Å². The average Bonchev–Trinajstić information content (AvgIpc) is 2.10. The quantitative estimate of drug-likeness (QED) is 0.488. The van der Waals surface area contributed by atoms with E-state index in [1.807, 2.05) is 12.4 Å². The van der Waals surface area contributed by atoms with Gasteiger partial charge in [-0.3, -0.25) is 0 Å². The number of hydrogen-bond donors (Lipinski definition) is 1. The van der Waals surface area contributed by atoms with Crippen LogP contribution < -0.4 is 5.32 Å². The minimum Gasteiger partial charge on any atom is -0.345 e. The fraction of sp³-hybridized carbons (Fsp3) is 1.00. The Bertz CT molecular complexity index is 185. The molecule has 1 aliphatic rings. The summed E-state index contributed by atoms with van der Waals surface area (Å²) in [6, 6.07) is 0.329. The van der Waals surface area contributed by atoms with Gasteiger partial charge in [0.05, 0.1) is 12.8 Å². The molecular weight excluding hydrogens is 138 g/mol. The van der Waals surface area contributed by atoms with Crippen LogP contribution in [-0.4, -0.2) is 33.0 Å². The first-order valence-corrected chi connectivity index (χ1v) is 4.96. The van der Waals surface area contributed by atoms with Crippen molar-refractivity contribution in [3.63, 3.8) is 0 Å². The summed E-state index contributed by atoms with van der Waals surface area (Å²) in [5.74, 6) is 0.769. The highest BCUT2D eigenvalue weighted by Crippen LogP contribution is 2.07. The molecule has 0 bridgehead atoms. The summed E-state index contributed by atoms with van der Waals surface area (Å²) < 4.78 is 21.6. The van der Waals surface area contributed by atoms with Crippen molar-refractivity contribution in [3.8, 4) is 0 Å². The van der Waals surface area contributed by atoms with Crippen LogP contribution in [0.1, 0.15) is 6.42 Å². The third-order valence-corrected chi connectivity index (χ3v) is 3.53. The lowest BCUT2D eigenvalue weighted by atomic mass is 10.3. The van der Waals surface area contributed by atoms with Crippen LogP contribution in [0.4, 0.5) is 0 Å². The zero-order chi connectivity index (χ0) is 6.91. The molecule has 0 aromatic heterocycles. The number of rotatable bonds is 1. The van der Waals surface area contributed by atoms with Crippen LogP contribution in [0.25, 0.3) is 0 Å². The van der Waals surface area contributed by atoms with Crippen LogP contribution in [0.3, 0.4) is 0 Å². The summed E-state index contributed by atoms with van der Waals surface area (Å²) in [5, 5.41) is 1.98. The maximum Gasteiger partial charge on any atom is 0.156 e. The molecule has 1 rings (SSSR count). The van der Waals surface area contributed by atoms with Gasteiger partial charge in [-0.2, -0.15) is 0 Å². The second-order valence-electron chi connectivity index (χ2n) is 2.50. The predicted molar refractivity (Wildman–Crippen MR) is 34.9 cm³/mol. The van der Waals surface area contributed by atoms with Crippen molar-refractivity contribution in [1.29, 1.82) is 0 Å². The molecule has 0 radical (unpaired) electrons. The minimum atomic E-state index is -2.64. The van der Waals surface area contributed by atoms with Gasteiger partial charge in [-0.15, -0.1) is 0 Å². The molecule has 0 aromatic carbocycles. The minimum absolute atomic E-state index is 0.329. The molecule has 1 fully saturated rings. The average molecular weight is 150 g/mol. The Morgan fingerprint density at radius 2 is 2.22 bits per heavy atom. The SMILES string of the molecule is C[NH2+][C@H]1CCS(=O)(=O)C1. The van der Waals surface area contributed by atoms with E-state index in [2.05, 4.69) is 0 Å². The topological polar surface area (TPSA) is 50.8 Å². The predicted octanol–water partition coefficient (Wildman–Crippen LogP) is -1.63. The van der Waals surface area contributed by atoms with Gasteiger partial charge in [0.15, 0.2) is 9.84 Å². The van der Waals surface area contributed by atoms with Crippen LogP contribution in [0.2, 0.25) is 0 Å². The normalized spacial score (nSPS) is 32.8. The summed E-state index contributed by atoms with van der Waals surface area (Å²) in [6.45, 7) is 0. The van der Waals surface area contributed by atoms with Crippen LogP contribution in [0, 0.1) is 0 Å². The molecule has 1 heterocycles. The van der Waals surface area contributed by atoms with Crippen LogP contribution in [-0.2, 0) is 9.84 Å². The van der Waals surface area contributed by atoms with Gasteiger partial charge in [0.25, 0.3) is 0 Å². The van der Waals surface area contributed by atoms with Crippen LogP contribution in [0.5, 0.6) is 0 Å². The van der Waals surface area contributed by atoms with E-state index in [4.69, 9.17) is 0 Å². The lowest BCUT2D eigenvalue weighted by Crippen LogP contribution is -2.86. The Balaban J connectivity index is 2.58. The van der Waals surface area contributed by atoms with E-state index in [0.717, 1.165) is 6.42 Å². The third-order valence-electron chi connectivity index (χ3n) is 1.74. The number of hydrogen-bond acceptors (Lipinski definition) is 2. The van der Waals surface area contributed by atoms with Gasteiger partial charge in [-0.1, -0.05) is 0 Å². The van der Waals surface area contributed by atoms with Gasteiger partial charge in [-0.25, -0.2) is 8.42 Å². The molecule has 0 amide bonds. The number of nitrogens with two attached hydrogens (primary N) is 1. The van der Waals surface area contributed by atoms with Gasteiger partial charge in [-0.05, 0) is 0 Å². The first kappa shape index (κ1) is 7.02. The van der Waals surface area contributed by atoms with Crippen LogP contribution >= 0.6 is 0 Å². The fourth-order valence-electron chi connectivity index (χ4n) is 1.09. The highest BCUT2D eigenvalue weighted by Gasteiger charge is 2.28. The standard InChI is InChI=1S/C5H11NO2S/c1-6-5-2-3-9(7,8)4-5/h5-6H,2-4H2,1H3/p+1/t5-/m0/s1. The number of sulfone groups is 1. The smallest absolute Gasteiger partial charge is 0.156 e. The molecule has 0 aromatic rings. The molecule has 4 heteroatoms. The highest BCUT2D eigenvalue weighted by atomic mass is 32.2. The van der Waals surface area contributed by atoms with Gasteiger partial charge in [0.2, 0.25) is 0 Å². The zero-order valence-corrected chi connectivity index (χ0v) is 6.32. The molecule has 9 heavy (non-hydrogen) atoms. The summed E-state index contributed by atoms with van der Waals surface area (Å²) in [4.78, 5) is 0. The first-order chi connectivity index (χ1) is 4.14. The Hall–Kier alpha value is -0.0900. The van der Waals surface area contributed by atoms with Gasteiger partial charge in [0.1, 0.15) is 11.8 Å². The maximum absolute atomic E-state index is 10.8. The van der Waals surface area contributed by atoms with Crippen molar-refractivity contribution in [2.24, 2.45) is 0 Å². The lowest BCUT2D eigenvalue weighted by molar-refractivity contribution is -0.657. The largest absolute Gasteiger partial charge is 0.345 e. The monoisotopic (exact) mass is 150 g/mol. The third kappa shape index (κ3) is 1.66. The summed E-state index contributed by atoms with van der Waals surface area (Å²) >= 11 is 0. The maximum atomic E-state index is 10.8. The fourth-order valence-corrected chi connectivity index (χ4v) is 2.93. The van der Waals surface area contributed by atoms with Gasteiger partial charge >= 0.3 is 0 Å². The molecule has 0 unspecified atom stereocenters.